The maximum atomic E-state index is 11.4. The number of carbonyl (C=O) groups is 1. The van der Waals surface area contributed by atoms with E-state index in [-0.39, 0.29) is 11.9 Å². The van der Waals surface area contributed by atoms with E-state index in [9.17, 15) is 4.79 Å². The predicted molar refractivity (Wildman–Crippen MR) is 77.3 cm³/mol. The topological polar surface area (TPSA) is 50.4 Å². The van der Waals surface area contributed by atoms with E-state index in [1.54, 1.807) is 7.11 Å². The number of carbonyl (C=O) groups excluding carboxylic acids is 1. The highest BCUT2D eigenvalue weighted by molar-refractivity contribution is 5.75. The van der Waals surface area contributed by atoms with Crippen molar-refractivity contribution in [3.8, 4) is 5.75 Å². The number of para-hydroxylation sites is 1. The van der Waals surface area contributed by atoms with Crippen LogP contribution in [-0.2, 0) is 4.79 Å². The molecule has 0 fully saturated rings. The van der Waals surface area contributed by atoms with Gasteiger partial charge >= 0.3 is 0 Å². The van der Waals surface area contributed by atoms with E-state index in [4.69, 9.17) is 4.74 Å². The summed E-state index contributed by atoms with van der Waals surface area (Å²) in [6.45, 7) is 5.40. The van der Waals surface area contributed by atoms with Crippen LogP contribution in [0, 0.1) is 0 Å². The van der Waals surface area contributed by atoms with Gasteiger partial charge in [-0.05, 0) is 19.4 Å². The molecular formula is C15H24N2O2. The number of benzene rings is 1. The second-order valence-corrected chi connectivity index (χ2v) is 4.36. The number of amides is 1. The molecule has 0 spiro atoms. The molecule has 0 aromatic heterocycles. The minimum atomic E-state index is 0.0879. The van der Waals surface area contributed by atoms with Crippen molar-refractivity contribution >= 4 is 5.91 Å². The van der Waals surface area contributed by atoms with Crippen molar-refractivity contribution in [1.82, 2.24) is 10.6 Å². The monoisotopic (exact) mass is 264 g/mol. The quantitative estimate of drug-likeness (QED) is 0.757. The van der Waals surface area contributed by atoms with E-state index in [1.165, 1.54) is 0 Å². The minimum Gasteiger partial charge on any atom is -0.496 e. The molecule has 0 saturated heterocycles. The molecule has 0 aliphatic rings. The van der Waals surface area contributed by atoms with Gasteiger partial charge in [0.15, 0.2) is 0 Å². The van der Waals surface area contributed by atoms with Gasteiger partial charge in [0, 0.05) is 31.1 Å². The molecule has 0 aliphatic carbocycles. The molecule has 0 radical (unpaired) electrons. The molecule has 0 aliphatic heterocycles. The highest BCUT2D eigenvalue weighted by atomic mass is 16.5. The van der Waals surface area contributed by atoms with E-state index in [2.05, 4.69) is 23.6 Å². The second kappa shape index (κ2) is 8.53. The van der Waals surface area contributed by atoms with Gasteiger partial charge in [0.05, 0.1) is 7.11 Å². The summed E-state index contributed by atoms with van der Waals surface area (Å²) in [4.78, 5) is 11.4. The molecule has 4 heteroatoms. The largest absolute Gasteiger partial charge is 0.496 e. The zero-order valence-corrected chi connectivity index (χ0v) is 12.0. The molecule has 1 amide bonds. The summed E-state index contributed by atoms with van der Waals surface area (Å²) < 4.78 is 5.37. The van der Waals surface area contributed by atoms with Crippen LogP contribution in [0.5, 0.6) is 5.75 Å². The summed E-state index contributed by atoms with van der Waals surface area (Å²) in [5.41, 5.74) is 1.14. The molecule has 0 saturated carbocycles. The predicted octanol–water partition coefficient (Wildman–Crippen LogP) is 2.26. The van der Waals surface area contributed by atoms with Gasteiger partial charge in [-0.25, -0.2) is 0 Å². The van der Waals surface area contributed by atoms with Gasteiger partial charge in [0.25, 0.3) is 0 Å². The molecule has 106 valence electrons. The maximum Gasteiger partial charge on any atom is 0.221 e. The van der Waals surface area contributed by atoms with Gasteiger partial charge in [-0.1, -0.05) is 25.1 Å². The molecule has 0 bridgehead atoms. The van der Waals surface area contributed by atoms with Crippen LogP contribution in [0.4, 0.5) is 0 Å². The van der Waals surface area contributed by atoms with Gasteiger partial charge in [0.2, 0.25) is 5.91 Å². The van der Waals surface area contributed by atoms with Crippen LogP contribution in [0.1, 0.15) is 38.3 Å². The Morgan fingerprint density at radius 3 is 2.68 bits per heavy atom. The summed E-state index contributed by atoms with van der Waals surface area (Å²) in [6, 6.07) is 8.20. The van der Waals surface area contributed by atoms with Crippen LogP contribution < -0.4 is 15.4 Å². The fraction of sp³-hybridized carbons (Fsp3) is 0.533. The zero-order valence-electron chi connectivity index (χ0n) is 12.0. The first kappa shape index (κ1) is 15.5. The van der Waals surface area contributed by atoms with Gasteiger partial charge < -0.3 is 15.4 Å². The van der Waals surface area contributed by atoms with Gasteiger partial charge in [-0.3, -0.25) is 4.79 Å². The average molecular weight is 264 g/mol. The molecular weight excluding hydrogens is 240 g/mol. The number of hydrogen-bond donors (Lipinski definition) is 2. The van der Waals surface area contributed by atoms with Crippen molar-refractivity contribution in [3.05, 3.63) is 29.8 Å². The Morgan fingerprint density at radius 1 is 1.32 bits per heavy atom. The van der Waals surface area contributed by atoms with Gasteiger partial charge in [-0.15, -0.1) is 0 Å². The lowest BCUT2D eigenvalue weighted by molar-refractivity contribution is -0.120. The summed E-state index contributed by atoms with van der Waals surface area (Å²) in [5.74, 6) is 0.977. The fourth-order valence-corrected chi connectivity index (χ4v) is 2.07. The first-order chi connectivity index (χ1) is 9.22. The molecule has 2 N–H and O–H groups in total. The molecule has 1 rings (SSSR count). The Balaban J connectivity index is 2.56. The Bertz CT molecular complexity index is 393. The number of hydrogen-bond acceptors (Lipinski definition) is 3. The summed E-state index contributed by atoms with van der Waals surface area (Å²) >= 11 is 0. The molecule has 0 heterocycles. The standard InChI is InChI=1S/C15H24N2O2/c1-4-13(17-11-10-15(18)16-5-2)12-8-6-7-9-14(12)19-3/h6-9,13,17H,4-5,10-11H2,1-3H3,(H,16,18). The van der Waals surface area contributed by atoms with Crippen LogP contribution >= 0.6 is 0 Å². The van der Waals surface area contributed by atoms with Crippen molar-refractivity contribution in [2.75, 3.05) is 20.2 Å². The van der Waals surface area contributed by atoms with Crippen LogP contribution in [-0.4, -0.2) is 26.1 Å². The van der Waals surface area contributed by atoms with Crippen molar-refractivity contribution in [3.63, 3.8) is 0 Å². The maximum absolute atomic E-state index is 11.4. The molecule has 19 heavy (non-hydrogen) atoms. The highest BCUT2D eigenvalue weighted by Crippen LogP contribution is 2.26. The first-order valence-electron chi connectivity index (χ1n) is 6.85. The Labute approximate surface area is 115 Å². The van der Waals surface area contributed by atoms with E-state index in [1.807, 2.05) is 25.1 Å². The van der Waals surface area contributed by atoms with E-state index < -0.39 is 0 Å². The summed E-state index contributed by atoms with van der Waals surface area (Å²) in [6.07, 6.45) is 1.45. The minimum absolute atomic E-state index is 0.0879. The van der Waals surface area contributed by atoms with Crippen LogP contribution in [0.15, 0.2) is 24.3 Å². The van der Waals surface area contributed by atoms with Gasteiger partial charge in [-0.2, -0.15) is 0 Å². The van der Waals surface area contributed by atoms with Crippen LogP contribution in [0.25, 0.3) is 0 Å². The molecule has 1 aromatic rings. The third kappa shape index (κ3) is 4.91. The zero-order chi connectivity index (χ0) is 14.1. The van der Waals surface area contributed by atoms with Crippen LogP contribution in [0.3, 0.4) is 0 Å². The van der Waals surface area contributed by atoms with Crippen molar-refractivity contribution in [2.45, 2.75) is 32.7 Å². The Morgan fingerprint density at radius 2 is 2.05 bits per heavy atom. The number of rotatable bonds is 8. The lowest BCUT2D eigenvalue weighted by Gasteiger charge is -2.19. The number of nitrogens with one attached hydrogen (secondary N) is 2. The molecule has 1 aromatic carbocycles. The Kier molecular flexibility index (Phi) is 6.97. The normalized spacial score (nSPS) is 11.9. The number of methoxy groups -OCH3 is 1. The summed E-state index contributed by atoms with van der Waals surface area (Å²) in [7, 11) is 1.68. The van der Waals surface area contributed by atoms with Gasteiger partial charge in [0.1, 0.15) is 5.75 Å². The molecule has 1 unspecified atom stereocenters. The second-order valence-electron chi connectivity index (χ2n) is 4.36. The third-order valence-corrected chi connectivity index (χ3v) is 3.04. The van der Waals surface area contributed by atoms with E-state index in [0.717, 1.165) is 17.7 Å². The summed E-state index contributed by atoms with van der Waals surface area (Å²) in [5, 5.41) is 6.20. The van der Waals surface area contributed by atoms with Crippen molar-refractivity contribution < 1.29 is 9.53 Å². The van der Waals surface area contributed by atoms with Crippen LogP contribution in [0.2, 0.25) is 0 Å². The SMILES string of the molecule is CCNC(=O)CCNC(CC)c1ccccc1OC. The van der Waals surface area contributed by atoms with E-state index >= 15 is 0 Å². The van der Waals surface area contributed by atoms with Crippen molar-refractivity contribution in [2.24, 2.45) is 0 Å². The van der Waals surface area contributed by atoms with E-state index in [0.29, 0.717) is 19.5 Å². The Hall–Kier alpha value is -1.55. The van der Waals surface area contributed by atoms with Crippen molar-refractivity contribution in [1.29, 1.82) is 0 Å². The lowest BCUT2D eigenvalue weighted by Crippen LogP contribution is -2.29. The average Bonchev–Trinajstić information content (AvgIpc) is 2.44. The molecule has 4 nitrogen and oxygen atoms in total. The fourth-order valence-electron chi connectivity index (χ4n) is 2.07. The third-order valence-electron chi connectivity index (χ3n) is 3.04. The number of ether oxygens (including phenoxy) is 1. The highest BCUT2D eigenvalue weighted by Gasteiger charge is 2.13. The lowest BCUT2D eigenvalue weighted by atomic mass is 10.0. The smallest absolute Gasteiger partial charge is 0.221 e. The molecule has 1 atom stereocenters. The first-order valence-corrected chi connectivity index (χ1v) is 6.85.